The topological polar surface area (TPSA) is 57.4 Å². The molecule has 1 aliphatic heterocycles. The highest BCUT2D eigenvalue weighted by molar-refractivity contribution is 5.84. The zero-order valence-corrected chi connectivity index (χ0v) is 12.0. The Morgan fingerprint density at radius 2 is 2.38 bits per heavy atom. The maximum Gasteiger partial charge on any atom is 0.407 e. The monoisotopic (exact) mass is 292 g/mol. The van der Waals surface area contributed by atoms with Gasteiger partial charge in [0.25, 0.3) is 0 Å². The van der Waals surface area contributed by atoms with Gasteiger partial charge in [-0.05, 0) is 50.1 Å². The van der Waals surface area contributed by atoms with E-state index in [1.165, 1.54) is 0 Å². The number of H-pyrrole nitrogens is 1. The van der Waals surface area contributed by atoms with Gasteiger partial charge in [0.2, 0.25) is 0 Å². The molecule has 0 bridgehead atoms. The fourth-order valence-corrected chi connectivity index (χ4v) is 2.29. The van der Waals surface area contributed by atoms with Gasteiger partial charge in [-0.2, -0.15) is 0 Å². The van der Waals surface area contributed by atoms with Gasteiger partial charge in [0.1, 0.15) is 6.56 Å². The number of hydrogen-bond donors (Lipinski definition) is 2. The van der Waals surface area contributed by atoms with Crippen LogP contribution < -0.4 is 5.32 Å². The molecule has 1 saturated heterocycles. The molecule has 1 aliphatic rings. The van der Waals surface area contributed by atoms with Crippen molar-refractivity contribution in [1.82, 2.24) is 15.2 Å². The van der Waals surface area contributed by atoms with Crippen molar-refractivity contribution < 1.29 is 16.4 Å². The van der Waals surface area contributed by atoms with E-state index in [4.69, 9.17) is 6.85 Å². The minimum atomic E-state index is -2.22. The maximum absolute atomic E-state index is 11.4. The number of nitrogens with one attached hydrogen (secondary N) is 2. The number of aromatic amines is 1. The molecule has 5 nitrogen and oxygen atoms in total. The Kier molecular flexibility index (Phi) is 2.50. The molecule has 2 aromatic rings. The van der Waals surface area contributed by atoms with Crippen LogP contribution in [0.25, 0.3) is 10.9 Å². The SMILES string of the molecule is [2H]c1c(C[C@@H]2NC(=O)OC2([2H])[2H])c([2H])c2c(CCN(C)C)c[nH]c2c1[2H]. The van der Waals surface area contributed by atoms with Crippen molar-refractivity contribution in [2.24, 2.45) is 0 Å². The van der Waals surface area contributed by atoms with Crippen molar-refractivity contribution in [3.63, 3.8) is 0 Å². The molecule has 2 heterocycles. The number of nitrogens with zero attached hydrogens (tertiary/aromatic N) is 1. The predicted octanol–water partition coefficient (Wildman–Crippen LogP) is 1.92. The molecule has 112 valence electrons. The van der Waals surface area contributed by atoms with Crippen molar-refractivity contribution in [3.8, 4) is 0 Å². The van der Waals surface area contributed by atoms with Crippen LogP contribution >= 0.6 is 0 Å². The third-order valence-electron chi connectivity index (χ3n) is 3.40. The summed E-state index contributed by atoms with van der Waals surface area (Å²) in [6.07, 6.45) is 1.49. The largest absolute Gasteiger partial charge is 0.447 e. The molecule has 0 saturated carbocycles. The van der Waals surface area contributed by atoms with Gasteiger partial charge in [-0.3, -0.25) is 0 Å². The first-order chi connectivity index (χ1) is 12.1. The lowest BCUT2D eigenvalue weighted by atomic mass is 10.0. The van der Waals surface area contributed by atoms with Gasteiger partial charge >= 0.3 is 6.09 Å². The molecular weight excluding hydrogens is 266 g/mol. The standard InChI is InChI=1S/C16H21N3O2/c1-19(2)6-5-12-9-17-15-4-3-11(8-14(12)15)7-13-10-21-16(20)18-13/h3-4,8-9,13,17H,5-7,10H2,1-2H3,(H,18,20)/t13-/m0/s1/i3D,4D,8D,10D2. The van der Waals surface area contributed by atoms with E-state index in [0.29, 0.717) is 17.3 Å². The summed E-state index contributed by atoms with van der Waals surface area (Å²) in [6.45, 7) is -1.45. The van der Waals surface area contributed by atoms with E-state index in [0.717, 1.165) is 12.1 Å². The predicted molar refractivity (Wildman–Crippen MR) is 82.5 cm³/mol. The number of cyclic esters (lactones) is 1. The summed E-state index contributed by atoms with van der Waals surface area (Å²) >= 11 is 0. The highest BCUT2D eigenvalue weighted by Gasteiger charge is 2.22. The number of benzene rings is 1. The molecule has 21 heavy (non-hydrogen) atoms. The van der Waals surface area contributed by atoms with Crippen LogP contribution in [0, 0.1) is 0 Å². The van der Waals surface area contributed by atoms with Gasteiger partial charge in [-0.25, -0.2) is 4.79 Å². The van der Waals surface area contributed by atoms with E-state index in [1.807, 2.05) is 19.0 Å². The summed E-state index contributed by atoms with van der Waals surface area (Å²) in [4.78, 5) is 16.4. The number of hydrogen-bond acceptors (Lipinski definition) is 3. The van der Waals surface area contributed by atoms with E-state index in [-0.39, 0.29) is 30.1 Å². The quantitative estimate of drug-likeness (QED) is 0.885. The van der Waals surface area contributed by atoms with E-state index in [9.17, 15) is 4.79 Å². The van der Waals surface area contributed by atoms with E-state index in [1.54, 1.807) is 6.20 Å². The van der Waals surface area contributed by atoms with Crippen molar-refractivity contribution in [3.05, 3.63) is 35.5 Å². The summed E-state index contributed by atoms with van der Waals surface area (Å²) in [5, 5.41) is 2.96. The van der Waals surface area contributed by atoms with Crippen molar-refractivity contribution >= 4 is 17.0 Å². The van der Waals surface area contributed by atoms with Crippen LogP contribution in [-0.4, -0.2) is 49.2 Å². The summed E-state index contributed by atoms with van der Waals surface area (Å²) in [7, 11) is 3.90. The first kappa shape index (κ1) is 9.10. The highest BCUT2D eigenvalue weighted by Crippen LogP contribution is 2.21. The molecule has 0 radical (unpaired) electrons. The van der Waals surface area contributed by atoms with Gasteiger partial charge in [0.15, 0.2) is 0 Å². The van der Waals surface area contributed by atoms with Crippen molar-refractivity contribution in [2.75, 3.05) is 27.2 Å². The fraction of sp³-hybridized carbons (Fsp3) is 0.438. The number of alkyl carbamates (subject to hydrolysis) is 1. The van der Waals surface area contributed by atoms with Crippen LogP contribution in [0.15, 0.2) is 24.3 Å². The maximum atomic E-state index is 11.4. The molecule has 0 unspecified atom stereocenters. The molecule has 1 aromatic heterocycles. The number of rotatable bonds is 5. The van der Waals surface area contributed by atoms with E-state index in [2.05, 4.69) is 15.0 Å². The molecule has 5 heteroatoms. The summed E-state index contributed by atoms with van der Waals surface area (Å²) in [6, 6.07) is -1.09. The van der Waals surface area contributed by atoms with Crippen LogP contribution in [0.2, 0.25) is 0 Å². The minimum Gasteiger partial charge on any atom is -0.447 e. The lowest BCUT2D eigenvalue weighted by Gasteiger charge is -2.09. The number of fused-ring (bicyclic) bond motifs is 1. The Balaban J connectivity index is 2.05. The first-order valence-electron chi connectivity index (χ1n) is 9.34. The third-order valence-corrected chi connectivity index (χ3v) is 3.40. The molecule has 1 aromatic carbocycles. The number of carbonyl (C=O) groups is 1. The Bertz CT molecular complexity index is 865. The van der Waals surface area contributed by atoms with Crippen molar-refractivity contribution in [1.29, 1.82) is 0 Å². The second-order valence-electron chi connectivity index (χ2n) is 5.38. The first-order valence-corrected chi connectivity index (χ1v) is 6.84. The van der Waals surface area contributed by atoms with Crippen molar-refractivity contribution in [2.45, 2.75) is 18.9 Å². The lowest BCUT2D eigenvalue weighted by molar-refractivity contribution is 0.177. The molecular formula is C16H21N3O2. The van der Waals surface area contributed by atoms with Crippen LogP contribution in [0.3, 0.4) is 0 Å². The van der Waals surface area contributed by atoms with Gasteiger partial charge in [-0.1, -0.05) is 6.04 Å². The third kappa shape index (κ3) is 3.19. The van der Waals surface area contributed by atoms with Crippen LogP contribution in [0.5, 0.6) is 0 Å². The van der Waals surface area contributed by atoms with Gasteiger partial charge in [-0.15, -0.1) is 0 Å². The molecule has 0 aliphatic carbocycles. The van der Waals surface area contributed by atoms with Gasteiger partial charge < -0.3 is 19.9 Å². The molecule has 1 fully saturated rings. The Morgan fingerprint density at radius 3 is 3.10 bits per heavy atom. The second-order valence-corrected chi connectivity index (χ2v) is 5.38. The van der Waals surface area contributed by atoms with Crippen LogP contribution in [0.1, 0.15) is 18.0 Å². The summed E-state index contributed by atoms with van der Waals surface area (Å²) < 4.78 is 45.2. The smallest absolute Gasteiger partial charge is 0.407 e. The summed E-state index contributed by atoms with van der Waals surface area (Å²) in [5.41, 5.74) is 1.54. The van der Waals surface area contributed by atoms with Gasteiger partial charge in [0, 0.05) is 23.6 Å². The lowest BCUT2D eigenvalue weighted by Crippen LogP contribution is -2.28. The fourth-order valence-electron chi connectivity index (χ4n) is 2.29. The van der Waals surface area contributed by atoms with E-state index >= 15 is 0 Å². The van der Waals surface area contributed by atoms with Crippen LogP contribution in [0.4, 0.5) is 4.79 Å². The molecule has 1 amide bonds. The molecule has 2 N–H and O–H groups in total. The number of amides is 1. The molecule has 3 rings (SSSR count). The second kappa shape index (κ2) is 5.77. The zero-order chi connectivity index (χ0) is 19.2. The number of aromatic nitrogens is 1. The zero-order valence-electron chi connectivity index (χ0n) is 17.0. The number of ether oxygens (including phenoxy) is 1. The minimum absolute atomic E-state index is 0.0343. The number of likely N-dealkylation sites (N-methyl/N-ethyl adjacent to an activating group) is 1. The molecule has 1 atom stereocenters. The Hall–Kier alpha value is -2.01. The Labute approximate surface area is 131 Å². The highest BCUT2D eigenvalue weighted by atomic mass is 16.6. The summed E-state index contributed by atoms with van der Waals surface area (Å²) in [5.74, 6) is 0. The molecule has 0 spiro atoms. The van der Waals surface area contributed by atoms with Crippen LogP contribution in [-0.2, 0) is 17.6 Å². The Morgan fingerprint density at radius 1 is 1.52 bits per heavy atom. The number of carbonyl (C=O) groups excluding carboxylic acids is 1. The average molecular weight is 292 g/mol. The van der Waals surface area contributed by atoms with E-state index < -0.39 is 18.7 Å². The normalized spacial score (nSPS) is 24.0. The average Bonchev–Trinajstić information content (AvgIpc) is 3.07. The van der Waals surface area contributed by atoms with Gasteiger partial charge in [0.05, 0.1) is 12.9 Å².